The van der Waals surface area contributed by atoms with Crippen molar-refractivity contribution in [3.8, 4) is 17.4 Å². The summed E-state index contributed by atoms with van der Waals surface area (Å²) in [5.41, 5.74) is 3.09. The second-order valence-corrected chi connectivity index (χ2v) is 8.89. The lowest BCUT2D eigenvalue weighted by atomic mass is 10.2. The Balaban J connectivity index is 1.46. The molecule has 0 saturated heterocycles. The van der Waals surface area contributed by atoms with Crippen LogP contribution in [0, 0.1) is 32.4 Å². The Morgan fingerprint density at radius 3 is 2.27 bits per heavy atom. The molecule has 33 heavy (non-hydrogen) atoms. The summed E-state index contributed by atoms with van der Waals surface area (Å²) in [6.07, 6.45) is 0. The topological polar surface area (TPSA) is 99.0 Å². The van der Waals surface area contributed by atoms with E-state index in [0.29, 0.717) is 17.6 Å². The highest BCUT2D eigenvalue weighted by Gasteiger charge is 2.20. The maximum atomic E-state index is 13.8. The van der Waals surface area contributed by atoms with Crippen molar-refractivity contribution in [2.24, 2.45) is 0 Å². The highest BCUT2D eigenvalue weighted by Crippen LogP contribution is 2.24. The number of halogens is 2. The van der Waals surface area contributed by atoms with Crippen molar-refractivity contribution < 1.29 is 21.9 Å². The Bertz CT molecular complexity index is 1420. The van der Waals surface area contributed by atoms with Gasteiger partial charge in [-0.05, 0) is 74.9 Å². The number of hydrogen-bond donors (Lipinski definition) is 1. The van der Waals surface area contributed by atoms with E-state index in [-0.39, 0.29) is 11.6 Å². The standard InChI is InChI=1S/C22H19F2N5O3S/c1-13-14(2)27-29(15(13)3)21-10-11-22(26-25-21)32-18-7-5-17(6-8-18)28-33(30,31)20-12-16(23)4-9-19(20)24/h4-12,28H,1-3H3. The molecular weight excluding hydrogens is 452 g/mol. The highest BCUT2D eigenvalue weighted by molar-refractivity contribution is 7.92. The molecule has 4 aromatic rings. The second kappa shape index (κ2) is 8.58. The fraction of sp³-hybridized carbons (Fsp3) is 0.136. The van der Waals surface area contributed by atoms with Crippen LogP contribution in [0.5, 0.6) is 11.6 Å². The SMILES string of the molecule is Cc1nn(-c2ccc(Oc3ccc(NS(=O)(=O)c4cc(F)ccc4F)cc3)nn2)c(C)c1C. The van der Waals surface area contributed by atoms with Crippen LogP contribution in [0.25, 0.3) is 5.82 Å². The van der Waals surface area contributed by atoms with Crippen LogP contribution in [0.3, 0.4) is 0 Å². The Morgan fingerprint density at radius 1 is 0.939 bits per heavy atom. The van der Waals surface area contributed by atoms with Gasteiger partial charge in [0.2, 0.25) is 5.88 Å². The normalized spacial score (nSPS) is 11.4. The first kappa shape index (κ1) is 22.3. The first-order valence-corrected chi connectivity index (χ1v) is 11.2. The third-order valence-corrected chi connectivity index (χ3v) is 6.40. The molecule has 0 amide bonds. The van der Waals surface area contributed by atoms with Gasteiger partial charge < -0.3 is 4.74 Å². The van der Waals surface area contributed by atoms with E-state index in [1.807, 2.05) is 20.8 Å². The lowest BCUT2D eigenvalue weighted by molar-refractivity contribution is 0.454. The fourth-order valence-corrected chi connectivity index (χ4v) is 4.18. The molecule has 0 radical (unpaired) electrons. The molecule has 2 aromatic carbocycles. The number of sulfonamides is 1. The van der Waals surface area contributed by atoms with Gasteiger partial charge in [0.05, 0.1) is 5.69 Å². The molecule has 0 aliphatic carbocycles. The van der Waals surface area contributed by atoms with Gasteiger partial charge in [0.1, 0.15) is 22.3 Å². The van der Waals surface area contributed by atoms with Crippen molar-refractivity contribution in [2.45, 2.75) is 25.7 Å². The monoisotopic (exact) mass is 471 g/mol. The number of ether oxygens (including phenoxy) is 1. The van der Waals surface area contributed by atoms with E-state index in [9.17, 15) is 17.2 Å². The van der Waals surface area contributed by atoms with Crippen molar-refractivity contribution in [3.05, 3.63) is 83.2 Å². The van der Waals surface area contributed by atoms with Crippen LogP contribution < -0.4 is 9.46 Å². The third-order valence-electron chi connectivity index (χ3n) is 5.01. The van der Waals surface area contributed by atoms with Gasteiger partial charge in [0, 0.05) is 17.4 Å². The summed E-state index contributed by atoms with van der Waals surface area (Å²) in [5.74, 6) is -0.765. The minimum absolute atomic E-state index is 0.146. The third kappa shape index (κ3) is 4.67. The second-order valence-electron chi connectivity index (χ2n) is 7.24. The average Bonchev–Trinajstić information content (AvgIpc) is 3.04. The van der Waals surface area contributed by atoms with E-state index in [1.54, 1.807) is 16.8 Å². The summed E-state index contributed by atoms with van der Waals surface area (Å²) in [4.78, 5) is -0.781. The van der Waals surface area contributed by atoms with Crippen LogP contribution >= 0.6 is 0 Å². The summed E-state index contributed by atoms with van der Waals surface area (Å²) in [5, 5.41) is 12.6. The molecule has 2 heterocycles. The van der Waals surface area contributed by atoms with Crippen LogP contribution in [0.15, 0.2) is 59.5 Å². The number of benzene rings is 2. The highest BCUT2D eigenvalue weighted by atomic mass is 32.2. The summed E-state index contributed by atoms with van der Waals surface area (Å²) in [6.45, 7) is 5.85. The zero-order valence-corrected chi connectivity index (χ0v) is 18.7. The first-order chi connectivity index (χ1) is 15.6. The Labute approximate surface area is 188 Å². The van der Waals surface area contributed by atoms with Crippen LogP contribution in [0.1, 0.15) is 17.0 Å². The van der Waals surface area contributed by atoms with Crippen molar-refractivity contribution in [1.82, 2.24) is 20.0 Å². The van der Waals surface area contributed by atoms with Crippen molar-refractivity contribution >= 4 is 15.7 Å². The fourth-order valence-electron chi connectivity index (χ4n) is 3.03. The molecular formula is C22H19F2N5O3S. The van der Waals surface area contributed by atoms with E-state index in [1.165, 1.54) is 24.3 Å². The van der Waals surface area contributed by atoms with Crippen LogP contribution in [0.2, 0.25) is 0 Å². The maximum Gasteiger partial charge on any atom is 0.264 e. The van der Waals surface area contributed by atoms with Crippen molar-refractivity contribution in [2.75, 3.05) is 4.72 Å². The van der Waals surface area contributed by atoms with Crippen LogP contribution in [0.4, 0.5) is 14.5 Å². The van der Waals surface area contributed by atoms with Crippen LogP contribution in [-0.2, 0) is 10.0 Å². The molecule has 0 saturated carbocycles. The molecule has 0 spiro atoms. The lowest BCUT2D eigenvalue weighted by Crippen LogP contribution is -2.14. The van der Waals surface area contributed by atoms with E-state index < -0.39 is 26.6 Å². The number of rotatable bonds is 6. The number of nitrogens with zero attached hydrogens (tertiary/aromatic N) is 4. The predicted molar refractivity (Wildman–Crippen MR) is 117 cm³/mol. The van der Waals surface area contributed by atoms with Gasteiger partial charge in [0.15, 0.2) is 5.82 Å². The predicted octanol–water partition coefficient (Wildman–Crippen LogP) is 4.46. The van der Waals surface area contributed by atoms with Crippen molar-refractivity contribution in [1.29, 1.82) is 0 Å². The Hall–Kier alpha value is -3.86. The molecule has 0 aliphatic heterocycles. The largest absolute Gasteiger partial charge is 0.438 e. The molecule has 1 N–H and O–H groups in total. The maximum absolute atomic E-state index is 13.8. The Morgan fingerprint density at radius 2 is 1.67 bits per heavy atom. The van der Waals surface area contributed by atoms with Gasteiger partial charge in [-0.1, -0.05) is 0 Å². The van der Waals surface area contributed by atoms with Gasteiger partial charge in [-0.2, -0.15) is 5.10 Å². The summed E-state index contributed by atoms with van der Waals surface area (Å²) >= 11 is 0. The number of aryl methyl sites for hydroxylation is 1. The molecule has 4 rings (SSSR count). The molecule has 170 valence electrons. The molecule has 11 heteroatoms. The van der Waals surface area contributed by atoms with E-state index in [2.05, 4.69) is 20.0 Å². The molecule has 0 bridgehead atoms. The quantitative estimate of drug-likeness (QED) is 0.446. The van der Waals surface area contributed by atoms with E-state index >= 15 is 0 Å². The summed E-state index contributed by atoms with van der Waals surface area (Å²) < 4.78 is 61.5. The minimum Gasteiger partial charge on any atom is -0.438 e. The number of anilines is 1. The number of nitrogens with one attached hydrogen (secondary N) is 1. The Kier molecular flexibility index (Phi) is 5.81. The zero-order chi connectivity index (χ0) is 23.8. The summed E-state index contributed by atoms with van der Waals surface area (Å²) in [6, 6.07) is 11.4. The van der Waals surface area contributed by atoms with Crippen molar-refractivity contribution in [3.63, 3.8) is 0 Å². The average molecular weight is 471 g/mol. The van der Waals surface area contributed by atoms with E-state index in [4.69, 9.17) is 4.74 Å². The van der Waals surface area contributed by atoms with Gasteiger partial charge in [-0.3, -0.25) is 4.72 Å². The molecule has 0 aliphatic rings. The van der Waals surface area contributed by atoms with Gasteiger partial charge >= 0.3 is 0 Å². The molecule has 0 atom stereocenters. The minimum atomic E-state index is -4.31. The molecule has 0 unspecified atom stereocenters. The first-order valence-electron chi connectivity index (χ1n) is 9.77. The zero-order valence-electron chi connectivity index (χ0n) is 17.9. The molecule has 0 fully saturated rings. The van der Waals surface area contributed by atoms with Gasteiger partial charge in [-0.25, -0.2) is 21.9 Å². The smallest absolute Gasteiger partial charge is 0.264 e. The number of hydrogen-bond acceptors (Lipinski definition) is 6. The summed E-state index contributed by atoms with van der Waals surface area (Å²) in [7, 11) is -4.31. The van der Waals surface area contributed by atoms with E-state index in [0.717, 1.165) is 29.1 Å². The molecule has 2 aromatic heterocycles. The molecule has 8 nitrogen and oxygen atoms in total. The van der Waals surface area contributed by atoms with Gasteiger partial charge in [0.25, 0.3) is 10.0 Å². The van der Waals surface area contributed by atoms with Crippen LogP contribution in [-0.4, -0.2) is 28.4 Å². The lowest BCUT2D eigenvalue weighted by Gasteiger charge is -2.10. The number of aromatic nitrogens is 4. The van der Waals surface area contributed by atoms with Gasteiger partial charge in [-0.15, -0.1) is 10.2 Å².